The zero-order valence-electron chi connectivity index (χ0n) is 11.0. The number of ether oxygens (including phenoxy) is 1. The Labute approximate surface area is 138 Å². The lowest BCUT2D eigenvalue weighted by atomic mass is 10.1. The van der Waals surface area contributed by atoms with Crippen LogP contribution in [0.25, 0.3) is 0 Å². The summed E-state index contributed by atoms with van der Waals surface area (Å²) in [5.41, 5.74) is 0.821. The standard InChI is InChI=1S/C14H14Br2FNOS/c1-8(11-5-9(17)3-4-13(11)19-2)18-7-10-6-12(15)14(16)20-10/h3-6,8,18H,7H2,1-2H3. The Morgan fingerprint density at radius 1 is 1.35 bits per heavy atom. The van der Waals surface area contributed by atoms with Crippen LogP contribution >= 0.6 is 43.2 Å². The van der Waals surface area contributed by atoms with E-state index in [0.717, 1.165) is 20.4 Å². The van der Waals surface area contributed by atoms with Crippen LogP contribution in [-0.4, -0.2) is 7.11 Å². The molecule has 1 N–H and O–H groups in total. The smallest absolute Gasteiger partial charge is 0.123 e. The summed E-state index contributed by atoms with van der Waals surface area (Å²) in [4.78, 5) is 1.20. The fourth-order valence-corrected chi connectivity index (χ4v) is 4.01. The summed E-state index contributed by atoms with van der Waals surface area (Å²) < 4.78 is 20.8. The van der Waals surface area contributed by atoms with Crippen molar-refractivity contribution >= 4 is 43.2 Å². The molecule has 2 rings (SSSR count). The summed E-state index contributed by atoms with van der Waals surface area (Å²) in [6.45, 7) is 2.71. The minimum atomic E-state index is -0.254. The molecule has 0 aliphatic heterocycles. The summed E-state index contributed by atoms with van der Waals surface area (Å²) >= 11 is 8.61. The summed E-state index contributed by atoms with van der Waals surface area (Å²) in [5.74, 6) is 0.441. The normalized spacial score (nSPS) is 12.4. The number of thiophene rings is 1. The van der Waals surface area contributed by atoms with Gasteiger partial charge in [-0.15, -0.1) is 11.3 Å². The average Bonchev–Trinajstić information content (AvgIpc) is 2.75. The first-order valence-electron chi connectivity index (χ1n) is 6.01. The quantitative estimate of drug-likeness (QED) is 0.708. The van der Waals surface area contributed by atoms with Crippen LogP contribution in [0.5, 0.6) is 5.75 Å². The van der Waals surface area contributed by atoms with E-state index in [2.05, 4.69) is 43.2 Å². The van der Waals surface area contributed by atoms with Gasteiger partial charge in [0.1, 0.15) is 11.6 Å². The monoisotopic (exact) mass is 421 g/mol. The van der Waals surface area contributed by atoms with Crippen molar-refractivity contribution in [1.82, 2.24) is 5.32 Å². The predicted molar refractivity (Wildman–Crippen MR) is 87.9 cm³/mol. The minimum Gasteiger partial charge on any atom is -0.496 e. The lowest BCUT2D eigenvalue weighted by molar-refractivity contribution is 0.400. The highest BCUT2D eigenvalue weighted by atomic mass is 79.9. The summed E-state index contributed by atoms with van der Waals surface area (Å²) in [6, 6.07) is 6.64. The number of benzene rings is 1. The van der Waals surface area contributed by atoms with Gasteiger partial charge in [-0.2, -0.15) is 0 Å². The van der Waals surface area contributed by atoms with Crippen LogP contribution in [0.1, 0.15) is 23.4 Å². The maximum absolute atomic E-state index is 13.4. The van der Waals surface area contributed by atoms with Gasteiger partial charge < -0.3 is 10.1 Å². The van der Waals surface area contributed by atoms with Crippen molar-refractivity contribution in [1.29, 1.82) is 0 Å². The molecule has 0 saturated heterocycles. The highest BCUT2D eigenvalue weighted by Crippen LogP contribution is 2.33. The molecule has 0 fully saturated rings. The number of methoxy groups -OCH3 is 1. The van der Waals surface area contributed by atoms with Crippen LogP contribution < -0.4 is 10.1 Å². The van der Waals surface area contributed by atoms with Crippen LogP contribution in [0.3, 0.4) is 0 Å². The van der Waals surface area contributed by atoms with Crippen molar-refractivity contribution in [3.05, 3.63) is 48.8 Å². The Morgan fingerprint density at radius 3 is 2.70 bits per heavy atom. The highest BCUT2D eigenvalue weighted by Gasteiger charge is 2.13. The molecule has 2 aromatic rings. The first kappa shape index (κ1) is 15.9. The summed E-state index contributed by atoms with van der Waals surface area (Å²) in [7, 11) is 1.59. The number of rotatable bonds is 5. The Balaban J connectivity index is 2.08. The topological polar surface area (TPSA) is 21.3 Å². The molecular weight excluding hydrogens is 409 g/mol. The van der Waals surface area contributed by atoms with Gasteiger partial charge in [-0.25, -0.2) is 4.39 Å². The SMILES string of the molecule is COc1ccc(F)cc1C(C)NCc1cc(Br)c(Br)s1. The number of hydrogen-bond donors (Lipinski definition) is 1. The molecule has 108 valence electrons. The number of halogens is 3. The molecule has 0 spiro atoms. The van der Waals surface area contributed by atoms with E-state index in [1.54, 1.807) is 24.5 Å². The lowest BCUT2D eigenvalue weighted by Gasteiger charge is -2.17. The Hall–Kier alpha value is -0.430. The third kappa shape index (κ3) is 3.81. The molecule has 0 radical (unpaired) electrons. The molecule has 1 aromatic heterocycles. The molecule has 0 saturated carbocycles. The average molecular weight is 423 g/mol. The van der Waals surface area contributed by atoms with Gasteiger partial charge >= 0.3 is 0 Å². The molecule has 6 heteroatoms. The van der Waals surface area contributed by atoms with E-state index in [4.69, 9.17) is 4.74 Å². The Morgan fingerprint density at radius 2 is 2.10 bits per heavy atom. The fraction of sp³-hybridized carbons (Fsp3) is 0.286. The zero-order valence-corrected chi connectivity index (χ0v) is 15.0. The van der Waals surface area contributed by atoms with Gasteiger partial charge in [0, 0.05) is 27.5 Å². The van der Waals surface area contributed by atoms with Crippen molar-refractivity contribution in [2.24, 2.45) is 0 Å². The first-order valence-corrected chi connectivity index (χ1v) is 8.42. The summed E-state index contributed by atoms with van der Waals surface area (Å²) in [5, 5.41) is 3.38. The molecule has 20 heavy (non-hydrogen) atoms. The Bertz CT molecular complexity index is 583. The molecule has 0 aliphatic rings. The molecule has 0 aliphatic carbocycles. The van der Waals surface area contributed by atoms with Gasteiger partial charge in [-0.1, -0.05) is 0 Å². The van der Waals surface area contributed by atoms with Gasteiger partial charge in [-0.05, 0) is 63.0 Å². The van der Waals surface area contributed by atoms with E-state index in [9.17, 15) is 4.39 Å². The molecule has 1 aromatic carbocycles. The fourth-order valence-electron chi connectivity index (χ4n) is 1.89. The zero-order chi connectivity index (χ0) is 14.7. The minimum absolute atomic E-state index is 0.000279. The van der Waals surface area contributed by atoms with Gasteiger partial charge in [0.15, 0.2) is 0 Å². The van der Waals surface area contributed by atoms with Crippen molar-refractivity contribution in [3.63, 3.8) is 0 Å². The Kier molecular flexibility index (Phi) is 5.60. The van der Waals surface area contributed by atoms with Gasteiger partial charge in [-0.3, -0.25) is 0 Å². The molecule has 0 bridgehead atoms. The molecule has 2 nitrogen and oxygen atoms in total. The second kappa shape index (κ2) is 7.02. The molecule has 1 unspecified atom stereocenters. The van der Waals surface area contributed by atoms with E-state index in [1.807, 2.05) is 6.92 Å². The van der Waals surface area contributed by atoms with E-state index in [0.29, 0.717) is 5.75 Å². The van der Waals surface area contributed by atoms with Gasteiger partial charge in [0.2, 0.25) is 0 Å². The van der Waals surface area contributed by atoms with E-state index in [-0.39, 0.29) is 11.9 Å². The summed E-state index contributed by atoms with van der Waals surface area (Å²) in [6.07, 6.45) is 0. The van der Waals surface area contributed by atoms with E-state index < -0.39 is 0 Å². The third-order valence-electron chi connectivity index (χ3n) is 2.94. The van der Waals surface area contributed by atoms with Crippen LogP contribution in [0.4, 0.5) is 4.39 Å². The van der Waals surface area contributed by atoms with Crippen molar-refractivity contribution in [2.75, 3.05) is 7.11 Å². The van der Waals surface area contributed by atoms with Crippen molar-refractivity contribution in [2.45, 2.75) is 19.5 Å². The maximum Gasteiger partial charge on any atom is 0.123 e. The number of nitrogens with one attached hydrogen (secondary N) is 1. The van der Waals surface area contributed by atoms with Gasteiger partial charge in [0.25, 0.3) is 0 Å². The maximum atomic E-state index is 13.4. The number of hydrogen-bond acceptors (Lipinski definition) is 3. The van der Waals surface area contributed by atoms with Crippen LogP contribution in [0.2, 0.25) is 0 Å². The van der Waals surface area contributed by atoms with Crippen LogP contribution in [0.15, 0.2) is 32.5 Å². The van der Waals surface area contributed by atoms with Crippen LogP contribution in [0, 0.1) is 5.82 Å². The predicted octanol–water partition coefficient (Wildman–Crippen LogP) is 5.27. The lowest BCUT2D eigenvalue weighted by Crippen LogP contribution is -2.18. The van der Waals surface area contributed by atoms with Gasteiger partial charge in [0.05, 0.1) is 10.9 Å². The largest absolute Gasteiger partial charge is 0.496 e. The second-order valence-electron chi connectivity index (χ2n) is 4.32. The second-order valence-corrected chi connectivity index (χ2v) is 7.63. The van der Waals surface area contributed by atoms with Crippen molar-refractivity contribution < 1.29 is 9.13 Å². The van der Waals surface area contributed by atoms with Crippen molar-refractivity contribution in [3.8, 4) is 5.75 Å². The molecule has 1 heterocycles. The first-order chi connectivity index (χ1) is 9.51. The molecule has 0 amide bonds. The van der Waals surface area contributed by atoms with Crippen LogP contribution in [-0.2, 0) is 6.54 Å². The van der Waals surface area contributed by atoms with E-state index in [1.165, 1.54) is 17.0 Å². The molecular formula is C14H14Br2FNOS. The van der Waals surface area contributed by atoms with E-state index >= 15 is 0 Å². The third-order valence-corrected chi connectivity index (χ3v) is 6.19. The molecule has 1 atom stereocenters. The highest BCUT2D eigenvalue weighted by molar-refractivity contribution is 9.13.